The lowest BCUT2D eigenvalue weighted by molar-refractivity contribution is -0.130. The number of unbranched alkanes of at least 4 members (excludes halogenated alkanes) is 1. The molecule has 24 heavy (non-hydrogen) atoms. The first-order chi connectivity index (χ1) is 11.5. The standard InChI is InChI=1S/C15H24N4O3S2/c1-2-3-7-19(12-6-8-24(21,22)10-12)13(20)9-23-15-16-14(17-18-15)11-4-5-11/h11-12H,2-10H2,1H3,(H,16,17,18)/t12-/m0/s1. The maximum absolute atomic E-state index is 12.6. The van der Waals surface area contributed by atoms with Gasteiger partial charge in [-0.2, -0.15) is 0 Å². The lowest BCUT2D eigenvalue weighted by atomic mass is 10.2. The van der Waals surface area contributed by atoms with Crippen LogP contribution in [-0.4, -0.2) is 64.3 Å². The number of H-pyrrole nitrogens is 1. The molecule has 1 saturated heterocycles. The number of carbonyl (C=O) groups is 1. The van der Waals surface area contributed by atoms with E-state index in [1.54, 1.807) is 4.90 Å². The molecule has 134 valence electrons. The van der Waals surface area contributed by atoms with Crippen LogP contribution in [0.25, 0.3) is 0 Å². The van der Waals surface area contributed by atoms with Crippen LogP contribution in [0, 0.1) is 0 Å². The fourth-order valence-corrected chi connectivity index (χ4v) is 5.35. The Balaban J connectivity index is 1.57. The highest BCUT2D eigenvalue weighted by molar-refractivity contribution is 7.99. The highest BCUT2D eigenvalue weighted by atomic mass is 32.2. The van der Waals surface area contributed by atoms with Gasteiger partial charge in [-0.3, -0.25) is 9.89 Å². The molecule has 0 bridgehead atoms. The molecule has 2 aliphatic rings. The molecule has 1 N–H and O–H groups in total. The topological polar surface area (TPSA) is 96.0 Å². The summed E-state index contributed by atoms with van der Waals surface area (Å²) in [7, 11) is -3.00. The lowest BCUT2D eigenvalue weighted by Gasteiger charge is -2.28. The molecule has 1 saturated carbocycles. The average Bonchev–Trinajstić information content (AvgIpc) is 3.18. The Morgan fingerprint density at radius 1 is 1.38 bits per heavy atom. The normalized spacial score (nSPS) is 22.6. The summed E-state index contributed by atoms with van der Waals surface area (Å²) >= 11 is 1.32. The number of aromatic amines is 1. The summed E-state index contributed by atoms with van der Waals surface area (Å²) in [5.41, 5.74) is 0. The first-order valence-electron chi connectivity index (χ1n) is 8.53. The van der Waals surface area contributed by atoms with Crippen LogP contribution in [0.5, 0.6) is 0 Å². The maximum atomic E-state index is 12.6. The molecule has 3 rings (SSSR count). The molecular formula is C15H24N4O3S2. The van der Waals surface area contributed by atoms with E-state index in [0.717, 1.165) is 31.5 Å². The third-order valence-electron chi connectivity index (χ3n) is 4.49. The molecule has 1 atom stereocenters. The molecule has 0 radical (unpaired) electrons. The van der Waals surface area contributed by atoms with Crippen molar-refractivity contribution in [1.29, 1.82) is 0 Å². The zero-order chi connectivity index (χ0) is 17.2. The summed E-state index contributed by atoms with van der Waals surface area (Å²) in [6, 6.07) is -0.177. The first-order valence-corrected chi connectivity index (χ1v) is 11.3. The van der Waals surface area contributed by atoms with Gasteiger partial charge in [0.1, 0.15) is 5.82 Å². The Hall–Kier alpha value is -1.09. The van der Waals surface area contributed by atoms with Gasteiger partial charge in [-0.15, -0.1) is 5.10 Å². The van der Waals surface area contributed by atoms with Gasteiger partial charge in [0.15, 0.2) is 9.84 Å². The summed E-state index contributed by atoms with van der Waals surface area (Å²) in [6.45, 7) is 2.69. The molecule has 0 unspecified atom stereocenters. The number of nitrogens with zero attached hydrogens (tertiary/aromatic N) is 3. The van der Waals surface area contributed by atoms with E-state index in [0.29, 0.717) is 24.0 Å². The molecule has 1 amide bonds. The van der Waals surface area contributed by atoms with Crippen molar-refractivity contribution in [2.75, 3.05) is 23.8 Å². The largest absolute Gasteiger partial charge is 0.338 e. The van der Waals surface area contributed by atoms with Crippen LogP contribution < -0.4 is 0 Å². The number of amides is 1. The quantitative estimate of drug-likeness (QED) is 0.696. The molecule has 1 aliphatic heterocycles. The molecule has 2 heterocycles. The van der Waals surface area contributed by atoms with E-state index in [2.05, 4.69) is 22.1 Å². The fraction of sp³-hybridized carbons (Fsp3) is 0.800. The van der Waals surface area contributed by atoms with Crippen LogP contribution in [-0.2, 0) is 14.6 Å². The Morgan fingerprint density at radius 2 is 2.17 bits per heavy atom. The smallest absolute Gasteiger partial charge is 0.233 e. The first kappa shape index (κ1) is 17.7. The van der Waals surface area contributed by atoms with Gasteiger partial charge in [0.05, 0.1) is 17.3 Å². The van der Waals surface area contributed by atoms with Crippen molar-refractivity contribution in [3.63, 3.8) is 0 Å². The average molecular weight is 373 g/mol. The number of hydrogen-bond acceptors (Lipinski definition) is 6. The van der Waals surface area contributed by atoms with Gasteiger partial charge in [0, 0.05) is 18.5 Å². The van der Waals surface area contributed by atoms with E-state index >= 15 is 0 Å². The zero-order valence-corrected chi connectivity index (χ0v) is 15.5. The molecule has 7 nitrogen and oxygen atoms in total. The van der Waals surface area contributed by atoms with Crippen molar-refractivity contribution >= 4 is 27.5 Å². The second-order valence-corrected chi connectivity index (χ2v) is 9.73. The van der Waals surface area contributed by atoms with Crippen molar-refractivity contribution in [3.05, 3.63) is 5.82 Å². The van der Waals surface area contributed by atoms with Gasteiger partial charge in [-0.1, -0.05) is 25.1 Å². The SMILES string of the molecule is CCCCN(C(=O)CSc1n[nH]c(C2CC2)n1)[C@H]1CCS(=O)(=O)C1. The van der Waals surface area contributed by atoms with E-state index in [1.165, 1.54) is 11.8 Å². The number of hydrogen-bond donors (Lipinski definition) is 1. The number of nitrogens with one attached hydrogen (secondary N) is 1. The van der Waals surface area contributed by atoms with Crippen molar-refractivity contribution in [2.24, 2.45) is 0 Å². The van der Waals surface area contributed by atoms with E-state index in [9.17, 15) is 13.2 Å². The number of aromatic nitrogens is 3. The maximum Gasteiger partial charge on any atom is 0.233 e. The minimum Gasteiger partial charge on any atom is -0.338 e. The Labute approximate surface area is 146 Å². The third kappa shape index (κ3) is 4.50. The molecule has 1 aromatic heterocycles. The Bertz CT molecular complexity index is 685. The van der Waals surface area contributed by atoms with Crippen LogP contribution >= 0.6 is 11.8 Å². The van der Waals surface area contributed by atoms with E-state index in [1.807, 2.05) is 0 Å². The lowest BCUT2D eigenvalue weighted by Crippen LogP contribution is -2.42. The predicted octanol–water partition coefficient (Wildman–Crippen LogP) is 1.59. The van der Waals surface area contributed by atoms with E-state index in [-0.39, 0.29) is 29.2 Å². The molecule has 0 spiro atoms. The fourth-order valence-electron chi connectivity index (χ4n) is 2.93. The summed E-state index contributed by atoms with van der Waals surface area (Å²) in [5.74, 6) is 1.93. The second kappa shape index (κ2) is 7.43. The predicted molar refractivity (Wildman–Crippen MR) is 92.8 cm³/mol. The van der Waals surface area contributed by atoms with Crippen molar-refractivity contribution in [1.82, 2.24) is 20.1 Å². The summed E-state index contributed by atoms with van der Waals surface area (Å²) < 4.78 is 23.5. The van der Waals surface area contributed by atoms with Gasteiger partial charge >= 0.3 is 0 Å². The minimum absolute atomic E-state index is 0.0201. The monoisotopic (exact) mass is 372 g/mol. The summed E-state index contributed by atoms with van der Waals surface area (Å²) in [4.78, 5) is 18.8. The van der Waals surface area contributed by atoms with Gasteiger partial charge in [0.25, 0.3) is 0 Å². The van der Waals surface area contributed by atoms with Gasteiger partial charge < -0.3 is 4.90 Å². The molecule has 2 fully saturated rings. The van der Waals surface area contributed by atoms with Gasteiger partial charge in [0.2, 0.25) is 11.1 Å². The highest BCUT2D eigenvalue weighted by Gasteiger charge is 2.34. The molecular weight excluding hydrogens is 348 g/mol. The molecule has 1 aliphatic carbocycles. The number of sulfone groups is 1. The molecule has 9 heteroatoms. The van der Waals surface area contributed by atoms with E-state index < -0.39 is 9.84 Å². The summed E-state index contributed by atoms with van der Waals surface area (Å²) in [5, 5.41) is 7.68. The third-order valence-corrected chi connectivity index (χ3v) is 7.08. The van der Waals surface area contributed by atoms with Crippen molar-refractivity contribution in [2.45, 2.75) is 56.1 Å². The van der Waals surface area contributed by atoms with Crippen molar-refractivity contribution < 1.29 is 13.2 Å². The molecule has 1 aromatic rings. The molecule has 0 aromatic carbocycles. The van der Waals surface area contributed by atoms with Crippen LogP contribution in [0.1, 0.15) is 50.8 Å². The van der Waals surface area contributed by atoms with E-state index in [4.69, 9.17) is 0 Å². The highest BCUT2D eigenvalue weighted by Crippen LogP contribution is 2.38. The number of carbonyl (C=O) groups excluding carboxylic acids is 1. The van der Waals surface area contributed by atoms with Crippen molar-refractivity contribution in [3.8, 4) is 0 Å². The van der Waals surface area contributed by atoms with Crippen LogP contribution in [0.3, 0.4) is 0 Å². The second-order valence-electron chi connectivity index (χ2n) is 6.56. The number of rotatable bonds is 8. The van der Waals surface area contributed by atoms with Gasteiger partial charge in [-0.25, -0.2) is 13.4 Å². The van der Waals surface area contributed by atoms with Gasteiger partial charge in [-0.05, 0) is 25.7 Å². The zero-order valence-electron chi connectivity index (χ0n) is 13.9. The Morgan fingerprint density at radius 3 is 2.79 bits per heavy atom. The minimum atomic E-state index is -3.00. The number of thioether (sulfide) groups is 1. The van der Waals surface area contributed by atoms with Crippen LogP contribution in [0.15, 0.2) is 5.16 Å². The Kier molecular flexibility index (Phi) is 5.49. The van der Waals surface area contributed by atoms with Crippen LogP contribution in [0.2, 0.25) is 0 Å². The van der Waals surface area contributed by atoms with Crippen LogP contribution in [0.4, 0.5) is 0 Å². The summed E-state index contributed by atoms with van der Waals surface area (Å²) in [6.07, 6.45) is 4.72.